The predicted molar refractivity (Wildman–Crippen MR) is 85.6 cm³/mol. The zero-order chi connectivity index (χ0) is 14.9. The third-order valence-electron chi connectivity index (χ3n) is 4.54. The van der Waals surface area contributed by atoms with Crippen LogP contribution in [0.1, 0.15) is 42.7 Å². The first kappa shape index (κ1) is 14.7. The minimum Gasteiger partial charge on any atom is -0.385 e. The molecule has 3 heteroatoms. The van der Waals surface area contributed by atoms with Crippen LogP contribution in [0.4, 0.5) is 4.39 Å². The predicted octanol–water partition coefficient (Wildman–Crippen LogP) is 5.13. The molecule has 1 fully saturated rings. The van der Waals surface area contributed by atoms with Gasteiger partial charge in [-0.25, -0.2) is 4.39 Å². The van der Waals surface area contributed by atoms with Crippen LogP contribution < -0.4 is 0 Å². The average molecular weight is 349 g/mol. The molecule has 1 aliphatic rings. The van der Waals surface area contributed by atoms with Crippen LogP contribution in [0.25, 0.3) is 0 Å². The maximum atomic E-state index is 14.2. The molecule has 0 bridgehead atoms. The Bertz CT molecular complexity index is 618. The van der Waals surface area contributed by atoms with Gasteiger partial charge < -0.3 is 5.11 Å². The number of aliphatic hydroxyl groups is 1. The van der Waals surface area contributed by atoms with Crippen LogP contribution >= 0.6 is 15.9 Å². The van der Waals surface area contributed by atoms with Gasteiger partial charge in [0.2, 0.25) is 0 Å². The van der Waals surface area contributed by atoms with Crippen molar-refractivity contribution in [3.63, 3.8) is 0 Å². The Morgan fingerprint density at radius 3 is 2.33 bits per heavy atom. The van der Waals surface area contributed by atoms with Crippen molar-refractivity contribution < 1.29 is 9.50 Å². The van der Waals surface area contributed by atoms with E-state index in [2.05, 4.69) is 28.1 Å². The van der Waals surface area contributed by atoms with Gasteiger partial charge in [0, 0.05) is 5.56 Å². The van der Waals surface area contributed by atoms with Gasteiger partial charge in [0.25, 0.3) is 0 Å². The molecular formula is C18H18BrFO. The van der Waals surface area contributed by atoms with E-state index in [9.17, 15) is 9.50 Å². The number of hydrogen-bond acceptors (Lipinski definition) is 1. The fourth-order valence-corrected chi connectivity index (χ4v) is 3.65. The van der Waals surface area contributed by atoms with E-state index in [0.717, 1.165) is 12.8 Å². The van der Waals surface area contributed by atoms with E-state index in [1.54, 1.807) is 18.2 Å². The summed E-state index contributed by atoms with van der Waals surface area (Å²) in [6, 6.07) is 15.5. The fraction of sp³-hybridized carbons (Fsp3) is 0.333. The lowest BCUT2D eigenvalue weighted by molar-refractivity contribution is -0.00878. The summed E-state index contributed by atoms with van der Waals surface area (Å²) in [6.45, 7) is 0. The van der Waals surface area contributed by atoms with Gasteiger partial charge in [-0.05, 0) is 59.2 Å². The Hall–Kier alpha value is -1.19. The van der Waals surface area contributed by atoms with E-state index >= 15 is 0 Å². The molecule has 0 aliphatic heterocycles. The Labute approximate surface area is 132 Å². The highest BCUT2D eigenvalue weighted by Crippen LogP contribution is 2.44. The van der Waals surface area contributed by atoms with Crippen LogP contribution in [-0.4, -0.2) is 5.11 Å². The SMILES string of the molecule is OC1(c2cccc(Br)c2F)CCC(c2ccccc2)CC1. The molecule has 0 atom stereocenters. The van der Waals surface area contributed by atoms with Crippen molar-refractivity contribution in [3.8, 4) is 0 Å². The van der Waals surface area contributed by atoms with Crippen molar-refractivity contribution in [2.75, 3.05) is 0 Å². The fourth-order valence-electron chi connectivity index (χ4n) is 3.29. The highest BCUT2D eigenvalue weighted by Gasteiger charge is 2.37. The second-order valence-electron chi connectivity index (χ2n) is 5.82. The van der Waals surface area contributed by atoms with Crippen LogP contribution in [0, 0.1) is 5.82 Å². The molecule has 1 nitrogen and oxygen atoms in total. The molecule has 2 aromatic rings. The van der Waals surface area contributed by atoms with Gasteiger partial charge in [-0.1, -0.05) is 42.5 Å². The number of hydrogen-bond donors (Lipinski definition) is 1. The van der Waals surface area contributed by atoms with Crippen LogP contribution in [0.15, 0.2) is 53.0 Å². The van der Waals surface area contributed by atoms with Crippen LogP contribution in [0.3, 0.4) is 0 Å². The first-order chi connectivity index (χ1) is 10.1. The van der Waals surface area contributed by atoms with E-state index in [4.69, 9.17) is 0 Å². The van der Waals surface area contributed by atoms with Crippen LogP contribution in [0.2, 0.25) is 0 Å². The molecule has 1 saturated carbocycles. The van der Waals surface area contributed by atoms with Gasteiger partial charge in [0.15, 0.2) is 0 Å². The lowest BCUT2D eigenvalue weighted by Crippen LogP contribution is -2.32. The zero-order valence-corrected chi connectivity index (χ0v) is 13.3. The number of rotatable bonds is 2. The van der Waals surface area contributed by atoms with E-state index in [1.807, 2.05) is 18.2 Å². The molecule has 0 amide bonds. The summed E-state index contributed by atoms with van der Waals surface area (Å²) >= 11 is 3.20. The molecule has 1 aliphatic carbocycles. The van der Waals surface area contributed by atoms with Crippen molar-refractivity contribution in [1.29, 1.82) is 0 Å². The summed E-state index contributed by atoms with van der Waals surface area (Å²) in [5, 5.41) is 10.9. The van der Waals surface area contributed by atoms with Gasteiger partial charge in [-0.3, -0.25) is 0 Å². The van der Waals surface area contributed by atoms with E-state index in [-0.39, 0.29) is 5.82 Å². The molecule has 21 heavy (non-hydrogen) atoms. The zero-order valence-electron chi connectivity index (χ0n) is 11.7. The molecule has 0 aromatic heterocycles. The summed E-state index contributed by atoms with van der Waals surface area (Å²) in [5.74, 6) is 0.125. The smallest absolute Gasteiger partial charge is 0.143 e. The van der Waals surface area contributed by atoms with Crippen molar-refractivity contribution in [1.82, 2.24) is 0 Å². The van der Waals surface area contributed by atoms with Gasteiger partial charge >= 0.3 is 0 Å². The van der Waals surface area contributed by atoms with E-state index < -0.39 is 5.60 Å². The third-order valence-corrected chi connectivity index (χ3v) is 5.15. The normalized spacial score (nSPS) is 25.8. The van der Waals surface area contributed by atoms with Crippen molar-refractivity contribution in [2.24, 2.45) is 0 Å². The first-order valence-corrected chi connectivity index (χ1v) is 8.11. The van der Waals surface area contributed by atoms with Gasteiger partial charge in [0.1, 0.15) is 5.82 Å². The average Bonchev–Trinajstić information content (AvgIpc) is 2.51. The molecule has 2 aromatic carbocycles. The maximum Gasteiger partial charge on any atom is 0.143 e. The lowest BCUT2D eigenvalue weighted by Gasteiger charge is -2.37. The standard InChI is InChI=1S/C18H18BrFO/c19-16-8-4-7-15(17(16)20)18(21)11-9-14(10-12-18)13-5-2-1-3-6-13/h1-8,14,21H,9-12H2. The third kappa shape index (κ3) is 2.90. The summed E-state index contributed by atoms with van der Waals surface area (Å²) in [5.41, 5.74) is 0.691. The Kier molecular flexibility index (Phi) is 4.14. The Morgan fingerprint density at radius 1 is 1.00 bits per heavy atom. The van der Waals surface area contributed by atoms with Crippen molar-refractivity contribution >= 4 is 15.9 Å². The second kappa shape index (κ2) is 5.90. The van der Waals surface area contributed by atoms with Crippen molar-refractivity contribution in [2.45, 2.75) is 37.2 Å². The van der Waals surface area contributed by atoms with E-state index in [1.165, 1.54) is 5.56 Å². The number of halogens is 2. The van der Waals surface area contributed by atoms with E-state index in [0.29, 0.717) is 28.8 Å². The van der Waals surface area contributed by atoms with Crippen molar-refractivity contribution in [3.05, 3.63) is 69.9 Å². The van der Waals surface area contributed by atoms with Gasteiger partial charge in [-0.2, -0.15) is 0 Å². The summed E-state index contributed by atoms with van der Waals surface area (Å²) in [4.78, 5) is 0. The largest absolute Gasteiger partial charge is 0.385 e. The summed E-state index contributed by atoms with van der Waals surface area (Å²) in [7, 11) is 0. The monoisotopic (exact) mass is 348 g/mol. The Morgan fingerprint density at radius 2 is 1.67 bits per heavy atom. The van der Waals surface area contributed by atoms with Crippen LogP contribution in [0.5, 0.6) is 0 Å². The minimum atomic E-state index is -1.04. The topological polar surface area (TPSA) is 20.2 Å². The van der Waals surface area contributed by atoms with Crippen LogP contribution in [-0.2, 0) is 5.60 Å². The molecule has 0 heterocycles. The van der Waals surface area contributed by atoms with Gasteiger partial charge in [0.05, 0.1) is 10.1 Å². The second-order valence-corrected chi connectivity index (χ2v) is 6.67. The lowest BCUT2D eigenvalue weighted by atomic mass is 9.73. The molecule has 110 valence electrons. The highest BCUT2D eigenvalue weighted by molar-refractivity contribution is 9.10. The summed E-state index contributed by atoms with van der Waals surface area (Å²) in [6.07, 6.45) is 2.96. The first-order valence-electron chi connectivity index (χ1n) is 7.32. The highest BCUT2D eigenvalue weighted by atomic mass is 79.9. The minimum absolute atomic E-state index is 0.335. The molecule has 0 saturated heterocycles. The quantitative estimate of drug-likeness (QED) is 0.797. The molecule has 3 rings (SSSR count). The summed E-state index contributed by atoms with van der Waals surface area (Å²) < 4.78 is 14.7. The number of benzene rings is 2. The Balaban J connectivity index is 1.79. The maximum absolute atomic E-state index is 14.2. The molecule has 0 spiro atoms. The molecule has 0 unspecified atom stereocenters. The molecule has 0 radical (unpaired) electrons. The molecular weight excluding hydrogens is 331 g/mol. The molecule has 1 N–H and O–H groups in total. The van der Waals surface area contributed by atoms with Gasteiger partial charge in [-0.15, -0.1) is 0 Å².